The van der Waals surface area contributed by atoms with E-state index < -0.39 is 43.2 Å². The second-order valence-electron chi connectivity index (χ2n) is 5.32. The predicted molar refractivity (Wildman–Crippen MR) is 82.9 cm³/mol. The summed E-state index contributed by atoms with van der Waals surface area (Å²) in [6.45, 7) is 4.15. The van der Waals surface area contributed by atoms with Crippen LogP contribution in [-0.4, -0.2) is 70.2 Å². The van der Waals surface area contributed by atoms with Crippen LogP contribution in [0.3, 0.4) is 0 Å². The summed E-state index contributed by atoms with van der Waals surface area (Å²) in [5, 5.41) is 34.2. The molecule has 0 amide bonds. The molecule has 3 unspecified atom stereocenters. The number of nitrogens with one attached hydrogen (secondary N) is 3. The molecule has 0 radical (unpaired) electrons. The minimum absolute atomic E-state index is 0.168. The highest BCUT2D eigenvalue weighted by Crippen LogP contribution is 2.42. The molecular weight excluding hydrogens is 329 g/mol. The maximum absolute atomic E-state index is 12.8. The lowest BCUT2D eigenvalue weighted by atomic mass is 10.4. The van der Waals surface area contributed by atoms with Gasteiger partial charge in [0.1, 0.15) is 25.3 Å². The standard InChI is InChI=1S/C12H24N3O7P/c1-7(10(16)17)13-4-23(22,5-14-8(2)11(18)19)6-15-9(3)12(20)21/h7-9,13-15H,4-6H2,1-3H3,(H,16,17)(H,18,19)(H,20,21). The Balaban J connectivity index is 4.81. The van der Waals surface area contributed by atoms with E-state index in [-0.39, 0.29) is 18.9 Å². The summed E-state index contributed by atoms with van der Waals surface area (Å²) in [6, 6.07) is -2.80. The van der Waals surface area contributed by atoms with Gasteiger partial charge in [0, 0.05) is 0 Å². The summed E-state index contributed by atoms with van der Waals surface area (Å²) in [5.41, 5.74) is 0. The topological polar surface area (TPSA) is 165 Å². The summed E-state index contributed by atoms with van der Waals surface area (Å²) in [6.07, 6.45) is -0.503. The number of hydrogen-bond acceptors (Lipinski definition) is 7. The zero-order chi connectivity index (χ0) is 18.2. The van der Waals surface area contributed by atoms with Crippen molar-refractivity contribution < 1.29 is 34.3 Å². The van der Waals surface area contributed by atoms with Crippen LogP contribution in [0.5, 0.6) is 0 Å². The Morgan fingerprint density at radius 3 is 1.13 bits per heavy atom. The zero-order valence-corrected chi connectivity index (χ0v) is 14.2. The Morgan fingerprint density at radius 1 is 0.739 bits per heavy atom. The van der Waals surface area contributed by atoms with Gasteiger partial charge in [-0.15, -0.1) is 0 Å². The molecule has 3 atom stereocenters. The van der Waals surface area contributed by atoms with Gasteiger partial charge in [-0.05, 0) is 20.8 Å². The lowest BCUT2D eigenvalue weighted by molar-refractivity contribution is -0.139. The molecule has 0 aromatic heterocycles. The summed E-state index contributed by atoms with van der Waals surface area (Å²) in [4.78, 5) is 32.4. The Morgan fingerprint density at radius 2 is 0.957 bits per heavy atom. The highest BCUT2D eigenvalue weighted by molar-refractivity contribution is 7.63. The monoisotopic (exact) mass is 353 g/mol. The van der Waals surface area contributed by atoms with Crippen molar-refractivity contribution in [3.63, 3.8) is 0 Å². The number of rotatable bonds is 12. The second-order valence-corrected chi connectivity index (χ2v) is 8.39. The molecule has 6 N–H and O–H groups in total. The van der Waals surface area contributed by atoms with Crippen molar-refractivity contribution in [2.45, 2.75) is 38.9 Å². The number of carboxylic acids is 3. The van der Waals surface area contributed by atoms with E-state index in [1.54, 1.807) is 0 Å². The van der Waals surface area contributed by atoms with E-state index in [9.17, 15) is 18.9 Å². The molecule has 0 saturated heterocycles. The molecule has 11 heteroatoms. The highest BCUT2D eigenvalue weighted by Gasteiger charge is 2.27. The molecule has 0 spiro atoms. The third-order valence-electron chi connectivity index (χ3n) is 3.17. The van der Waals surface area contributed by atoms with Crippen molar-refractivity contribution in [2.75, 3.05) is 18.9 Å². The van der Waals surface area contributed by atoms with Crippen LogP contribution >= 0.6 is 7.14 Å². The quantitative estimate of drug-likeness (QED) is 0.250. The Labute approximate surface area is 134 Å². The molecule has 0 bridgehead atoms. The average molecular weight is 353 g/mol. The molecule has 0 rings (SSSR count). The van der Waals surface area contributed by atoms with Gasteiger partial charge in [-0.1, -0.05) is 0 Å². The normalized spacial score (nSPS) is 17.7. The van der Waals surface area contributed by atoms with Crippen LogP contribution in [0.1, 0.15) is 20.8 Å². The third-order valence-corrected chi connectivity index (χ3v) is 5.44. The fourth-order valence-electron chi connectivity index (χ4n) is 1.34. The van der Waals surface area contributed by atoms with E-state index in [0.717, 1.165) is 0 Å². The van der Waals surface area contributed by atoms with Gasteiger partial charge in [0.25, 0.3) is 0 Å². The lowest BCUT2D eigenvalue weighted by Crippen LogP contribution is -2.41. The summed E-state index contributed by atoms with van der Waals surface area (Å²) in [7, 11) is -3.12. The summed E-state index contributed by atoms with van der Waals surface area (Å²) >= 11 is 0. The number of hydrogen-bond donors (Lipinski definition) is 6. The van der Waals surface area contributed by atoms with Crippen molar-refractivity contribution in [1.29, 1.82) is 0 Å². The number of carboxylic acid groups (broad SMARTS) is 3. The largest absolute Gasteiger partial charge is 0.480 e. The summed E-state index contributed by atoms with van der Waals surface area (Å²) in [5.74, 6) is -3.35. The summed E-state index contributed by atoms with van der Waals surface area (Å²) < 4.78 is 12.8. The average Bonchev–Trinajstić information content (AvgIpc) is 2.47. The highest BCUT2D eigenvalue weighted by atomic mass is 31.2. The maximum Gasteiger partial charge on any atom is 0.320 e. The smallest absolute Gasteiger partial charge is 0.320 e. The zero-order valence-electron chi connectivity index (χ0n) is 13.3. The number of aliphatic carboxylic acids is 3. The molecule has 10 nitrogen and oxygen atoms in total. The molecule has 0 aliphatic heterocycles. The van der Waals surface area contributed by atoms with E-state index >= 15 is 0 Å². The van der Waals surface area contributed by atoms with Crippen LogP contribution in [0, 0.1) is 0 Å². The molecule has 134 valence electrons. The number of carbonyl (C=O) groups is 3. The van der Waals surface area contributed by atoms with Crippen LogP contribution in [0.25, 0.3) is 0 Å². The molecule has 0 aromatic rings. The minimum Gasteiger partial charge on any atom is -0.480 e. The molecule has 0 saturated carbocycles. The first-order valence-corrected chi connectivity index (χ1v) is 9.20. The molecule has 0 heterocycles. The van der Waals surface area contributed by atoms with Crippen molar-refractivity contribution in [1.82, 2.24) is 16.0 Å². The van der Waals surface area contributed by atoms with Gasteiger partial charge in [0.2, 0.25) is 0 Å². The third kappa shape index (κ3) is 8.65. The van der Waals surface area contributed by atoms with E-state index in [2.05, 4.69) is 16.0 Å². The Kier molecular flexibility index (Phi) is 8.99. The van der Waals surface area contributed by atoms with Crippen molar-refractivity contribution in [3.8, 4) is 0 Å². The van der Waals surface area contributed by atoms with E-state index in [4.69, 9.17) is 15.3 Å². The Bertz CT molecular complexity index is 419. The fraction of sp³-hybridized carbons (Fsp3) is 0.750. The predicted octanol–water partition coefficient (Wildman–Crippen LogP) is -0.590. The van der Waals surface area contributed by atoms with Gasteiger partial charge < -0.3 is 19.9 Å². The van der Waals surface area contributed by atoms with Gasteiger partial charge in [0.15, 0.2) is 0 Å². The van der Waals surface area contributed by atoms with Crippen LogP contribution in [0.2, 0.25) is 0 Å². The van der Waals surface area contributed by atoms with Gasteiger partial charge in [-0.25, -0.2) is 0 Å². The second kappa shape index (κ2) is 9.61. The van der Waals surface area contributed by atoms with Crippen molar-refractivity contribution in [3.05, 3.63) is 0 Å². The lowest BCUT2D eigenvalue weighted by Gasteiger charge is -2.23. The molecule has 0 aromatic carbocycles. The molecule has 23 heavy (non-hydrogen) atoms. The van der Waals surface area contributed by atoms with Gasteiger partial charge in [-0.3, -0.25) is 30.3 Å². The molecule has 0 aliphatic rings. The van der Waals surface area contributed by atoms with Crippen LogP contribution in [-0.2, 0) is 18.9 Å². The van der Waals surface area contributed by atoms with Gasteiger partial charge in [0.05, 0.1) is 18.9 Å². The molecule has 0 fully saturated rings. The van der Waals surface area contributed by atoms with E-state index in [1.165, 1.54) is 20.8 Å². The van der Waals surface area contributed by atoms with Gasteiger partial charge in [-0.2, -0.15) is 0 Å². The van der Waals surface area contributed by atoms with Crippen molar-refractivity contribution >= 4 is 25.0 Å². The minimum atomic E-state index is -3.12. The first-order chi connectivity index (χ1) is 10.5. The maximum atomic E-state index is 12.8. The SMILES string of the molecule is CC(NCP(=O)(CNC(C)C(=O)O)CNC(C)C(=O)O)C(=O)O. The van der Waals surface area contributed by atoms with E-state index in [0.29, 0.717) is 0 Å². The first kappa shape index (κ1) is 21.5. The van der Waals surface area contributed by atoms with Crippen LogP contribution < -0.4 is 16.0 Å². The van der Waals surface area contributed by atoms with Gasteiger partial charge >= 0.3 is 17.9 Å². The van der Waals surface area contributed by atoms with Crippen LogP contribution in [0.15, 0.2) is 0 Å². The Hall–Kier alpha value is -1.48. The first-order valence-electron chi connectivity index (χ1n) is 6.94. The molecular formula is C12H24N3O7P. The van der Waals surface area contributed by atoms with Crippen LogP contribution in [0.4, 0.5) is 0 Å². The molecule has 0 aliphatic carbocycles. The van der Waals surface area contributed by atoms with Crippen molar-refractivity contribution in [2.24, 2.45) is 0 Å². The van der Waals surface area contributed by atoms with E-state index in [1.807, 2.05) is 0 Å². The fourth-order valence-corrected chi connectivity index (χ4v) is 3.49.